The average Bonchev–Trinajstić information content (AvgIpc) is 2.77. The third kappa shape index (κ3) is 2.90. The standard InChI is InChI=1S/C13H14ClFN2S/c1-8-6-18-7-10(8)13(17-16)5-9-2-3-11(14)12(15)4-9/h2-4,6-7,13,17H,5,16H2,1H3. The van der Waals surface area contributed by atoms with Gasteiger partial charge in [-0.25, -0.2) is 4.39 Å². The second-order valence-corrected chi connectivity index (χ2v) is 5.33. The van der Waals surface area contributed by atoms with Gasteiger partial charge in [0.2, 0.25) is 0 Å². The van der Waals surface area contributed by atoms with Crippen molar-refractivity contribution < 1.29 is 4.39 Å². The van der Waals surface area contributed by atoms with Crippen LogP contribution in [0, 0.1) is 12.7 Å². The van der Waals surface area contributed by atoms with Crippen LogP contribution in [0.3, 0.4) is 0 Å². The van der Waals surface area contributed by atoms with Crippen molar-refractivity contribution >= 4 is 22.9 Å². The number of thiophene rings is 1. The SMILES string of the molecule is Cc1cscc1C(Cc1ccc(Cl)c(F)c1)NN. The summed E-state index contributed by atoms with van der Waals surface area (Å²) >= 11 is 7.30. The van der Waals surface area contributed by atoms with Crippen molar-refractivity contribution in [2.45, 2.75) is 19.4 Å². The number of hydrazine groups is 1. The van der Waals surface area contributed by atoms with Gasteiger partial charge in [-0.1, -0.05) is 17.7 Å². The highest BCUT2D eigenvalue weighted by atomic mass is 35.5. The average molecular weight is 285 g/mol. The maximum atomic E-state index is 13.4. The lowest BCUT2D eigenvalue weighted by molar-refractivity contribution is 0.548. The van der Waals surface area contributed by atoms with Gasteiger partial charge in [-0.15, -0.1) is 0 Å². The van der Waals surface area contributed by atoms with Gasteiger partial charge < -0.3 is 0 Å². The fourth-order valence-electron chi connectivity index (χ4n) is 1.89. The Morgan fingerprint density at radius 3 is 2.78 bits per heavy atom. The van der Waals surface area contributed by atoms with E-state index in [4.69, 9.17) is 17.4 Å². The smallest absolute Gasteiger partial charge is 0.142 e. The highest BCUT2D eigenvalue weighted by molar-refractivity contribution is 7.08. The van der Waals surface area contributed by atoms with Gasteiger partial charge in [0.25, 0.3) is 0 Å². The first-order valence-electron chi connectivity index (χ1n) is 5.54. The van der Waals surface area contributed by atoms with E-state index in [1.807, 2.05) is 13.0 Å². The van der Waals surface area contributed by atoms with Crippen LogP contribution in [0.1, 0.15) is 22.7 Å². The van der Waals surface area contributed by atoms with E-state index in [1.54, 1.807) is 17.4 Å². The largest absolute Gasteiger partial charge is 0.271 e. The van der Waals surface area contributed by atoms with Gasteiger partial charge in [-0.05, 0) is 52.9 Å². The van der Waals surface area contributed by atoms with E-state index in [-0.39, 0.29) is 11.1 Å². The van der Waals surface area contributed by atoms with E-state index in [0.29, 0.717) is 6.42 Å². The third-order valence-corrected chi connectivity index (χ3v) is 4.08. The molecule has 0 bridgehead atoms. The number of hydrogen-bond acceptors (Lipinski definition) is 3. The summed E-state index contributed by atoms with van der Waals surface area (Å²) in [6.45, 7) is 2.04. The van der Waals surface area contributed by atoms with Crippen molar-refractivity contribution in [2.24, 2.45) is 5.84 Å². The summed E-state index contributed by atoms with van der Waals surface area (Å²) in [6.07, 6.45) is 0.627. The van der Waals surface area contributed by atoms with E-state index >= 15 is 0 Å². The molecule has 1 aromatic heterocycles. The molecular formula is C13H14ClFN2S. The van der Waals surface area contributed by atoms with Gasteiger partial charge in [0.15, 0.2) is 0 Å². The zero-order chi connectivity index (χ0) is 13.1. The van der Waals surface area contributed by atoms with Crippen LogP contribution in [-0.2, 0) is 6.42 Å². The monoisotopic (exact) mass is 284 g/mol. The number of benzene rings is 1. The van der Waals surface area contributed by atoms with Crippen molar-refractivity contribution in [3.05, 3.63) is 56.5 Å². The van der Waals surface area contributed by atoms with Gasteiger partial charge in [0.1, 0.15) is 5.82 Å². The Morgan fingerprint density at radius 2 is 2.22 bits per heavy atom. The summed E-state index contributed by atoms with van der Waals surface area (Å²) in [5, 5.41) is 4.27. The van der Waals surface area contributed by atoms with Crippen LogP contribution in [0.2, 0.25) is 5.02 Å². The molecule has 0 radical (unpaired) electrons. The number of hydrogen-bond donors (Lipinski definition) is 2. The molecule has 0 spiro atoms. The zero-order valence-electron chi connectivity index (χ0n) is 9.91. The topological polar surface area (TPSA) is 38.0 Å². The Kier molecular flexibility index (Phi) is 4.35. The summed E-state index contributed by atoms with van der Waals surface area (Å²) in [7, 11) is 0. The van der Waals surface area contributed by atoms with Gasteiger partial charge >= 0.3 is 0 Å². The van der Waals surface area contributed by atoms with E-state index < -0.39 is 5.82 Å². The van der Waals surface area contributed by atoms with Crippen molar-refractivity contribution in [3.8, 4) is 0 Å². The predicted molar refractivity (Wildman–Crippen MR) is 74.2 cm³/mol. The number of aryl methyl sites for hydroxylation is 1. The Balaban J connectivity index is 2.20. The van der Waals surface area contributed by atoms with Crippen LogP contribution >= 0.6 is 22.9 Å². The van der Waals surface area contributed by atoms with Gasteiger partial charge in [0, 0.05) is 0 Å². The first-order chi connectivity index (χ1) is 8.61. The molecule has 0 fully saturated rings. The lowest BCUT2D eigenvalue weighted by Crippen LogP contribution is -2.29. The molecule has 1 atom stereocenters. The molecule has 2 nitrogen and oxygen atoms in total. The molecule has 18 heavy (non-hydrogen) atoms. The van der Waals surface area contributed by atoms with Crippen LogP contribution in [0.4, 0.5) is 4.39 Å². The maximum absolute atomic E-state index is 13.4. The molecule has 1 unspecified atom stereocenters. The molecule has 0 aliphatic rings. The highest BCUT2D eigenvalue weighted by Crippen LogP contribution is 2.25. The second kappa shape index (κ2) is 5.80. The van der Waals surface area contributed by atoms with E-state index in [9.17, 15) is 4.39 Å². The number of halogens is 2. The molecule has 3 N–H and O–H groups in total. The molecule has 0 saturated heterocycles. The molecule has 1 heterocycles. The van der Waals surface area contributed by atoms with Crippen molar-refractivity contribution in [1.29, 1.82) is 0 Å². The highest BCUT2D eigenvalue weighted by Gasteiger charge is 2.14. The maximum Gasteiger partial charge on any atom is 0.142 e. The molecule has 0 aliphatic heterocycles. The third-order valence-electron chi connectivity index (χ3n) is 2.90. The first kappa shape index (κ1) is 13.5. The van der Waals surface area contributed by atoms with Gasteiger partial charge in [-0.3, -0.25) is 11.3 Å². The van der Waals surface area contributed by atoms with Crippen molar-refractivity contribution in [2.75, 3.05) is 0 Å². The second-order valence-electron chi connectivity index (χ2n) is 4.18. The molecule has 96 valence electrons. The predicted octanol–water partition coefficient (Wildman–Crippen LogP) is 3.60. The molecule has 5 heteroatoms. The molecule has 1 aromatic carbocycles. The van der Waals surface area contributed by atoms with Crippen LogP contribution in [0.5, 0.6) is 0 Å². The quantitative estimate of drug-likeness (QED) is 0.665. The summed E-state index contributed by atoms with van der Waals surface area (Å²) in [4.78, 5) is 0. The van der Waals surface area contributed by atoms with Crippen molar-refractivity contribution in [3.63, 3.8) is 0 Å². The summed E-state index contributed by atoms with van der Waals surface area (Å²) in [6, 6.07) is 4.82. The van der Waals surface area contributed by atoms with E-state index in [0.717, 1.165) is 11.1 Å². The summed E-state index contributed by atoms with van der Waals surface area (Å²) in [5.74, 6) is 5.19. The molecule has 0 saturated carbocycles. The van der Waals surface area contributed by atoms with Crippen LogP contribution in [-0.4, -0.2) is 0 Å². The summed E-state index contributed by atoms with van der Waals surface area (Å²) in [5.41, 5.74) is 5.99. The van der Waals surface area contributed by atoms with E-state index in [2.05, 4.69) is 16.2 Å². The number of nitrogens with two attached hydrogens (primary N) is 1. The zero-order valence-corrected chi connectivity index (χ0v) is 11.5. The Hall–Kier alpha value is -0.940. The minimum atomic E-state index is -0.396. The normalized spacial score (nSPS) is 12.7. The molecule has 2 rings (SSSR count). The molecule has 0 aliphatic carbocycles. The van der Waals surface area contributed by atoms with Crippen LogP contribution in [0.15, 0.2) is 29.0 Å². The number of rotatable bonds is 4. The molecular weight excluding hydrogens is 271 g/mol. The minimum Gasteiger partial charge on any atom is -0.271 e. The molecule has 2 aromatic rings. The first-order valence-corrected chi connectivity index (χ1v) is 6.86. The fraction of sp³-hybridized carbons (Fsp3) is 0.231. The Labute approximate surface area is 115 Å². The van der Waals surface area contributed by atoms with Crippen LogP contribution < -0.4 is 11.3 Å². The van der Waals surface area contributed by atoms with E-state index in [1.165, 1.54) is 11.6 Å². The molecule has 0 amide bonds. The lowest BCUT2D eigenvalue weighted by Gasteiger charge is -2.16. The lowest BCUT2D eigenvalue weighted by atomic mass is 9.99. The fourth-order valence-corrected chi connectivity index (χ4v) is 2.91. The Morgan fingerprint density at radius 1 is 1.44 bits per heavy atom. The Bertz CT molecular complexity index is 542. The number of nitrogens with one attached hydrogen (secondary N) is 1. The van der Waals surface area contributed by atoms with Gasteiger partial charge in [-0.2, -0.15) is 11.3 Å². The summed E-state index contributed by atoms with van der Waals surface area (Å²) < 4.78 is 13.4. The van der Waals surface area contributed by atoms with Crippen molar-refractivity contribution in [1.82, 2.24) is 5.43 Å². The van der Waals surface area contributed by atoms with Gasteiger partial charge in [0.05, 0.1) is 11.1 Å². The minimum absolute atomic E-state index is 0.0168. The van der Waals surface area contributed by atoms with Crippen LogP contribution in [0.25, 0.3) is 0 Å².